The zero-order valence-electron chi connectivity index (χ0n) is 5.60. The topological polar surface area (TPSA) is 22.1 Å². The van der Waals surface area contributed by atoms with Crippen molar-refractivity contribution in [1.82, 2.24) is 4.98 Å². The minimum Gasteiger partial charge on any atom is -0.416 e. The molecule has 1 aromatic heterocycles. The van der Waals surface area contributed by atoms with Crippen molar-refractivity contribution >= 4 is 15.9 Å². The third-order valence-electron chi connectivity index (χ3n) is 0.981. The van der Waals surface area contributed by atoms with E-state index < -0.39 is 18.4 Å². The van der Waals surface area contributed by atoms with E-state index in [1.54, 1.807) is 0 Å². The van der Waals surface area contributed by atoms with Gasteiger partial charge in [0.05, 0.1) is 4.47 Å². The van der Waals surface area contributed by atoms with Crippen LogP contribution in [0, 0.1) is 5.95 Å². The maximum absolute atomic E-state index is 12.3. The smallest absolute Gasteiger partial charge is 0.388 e. The van der Waals surface area contributed by atoms with Gasteiger partial charge in [-0.3, -0.25) is 0 Å². The first-order valence-corrected chi connectivity index (χ1v) is 3.66. The highest BCUT2D eigenvalue weighted by Crippen LogP contribution is 2.23. The zero-order chi connectivity index (χ0) is 9.14. The van der Waals surface area contributed by atoms with E-state index in [0.29, 0.717) is 0 Å². The molecule has 1 heterocycles. The van der Waals surface area contributed by atoms with Crippen molar-refractivity contribution in [3.63, 3.8) is 0 Å². The van der Waals surface area contributed by atoms with Gasteiger partial charge in [-0.15, -0.1) is 0 Å². The molecule has 0 N–H and O–H groups in total. The Morgan fingerprint density at radius 3 is 2.67 bits per heavy atom. The summed E-state index contributed by atoms with van der Waals surface area (Å²) in [5.41, 5.74) is 0. The number of hydrogen-bond acceptors (Lipinski definition) is 2. The first-order chi connectivity index (χ1) is 5.59. The number of ether oxygens (including phenoxy) is 1. The molecule has 66 valence electrons. The Hall–Kier alpha value is -0.780. The maximum atomic E-state index is 12.3. The summed E-state index contributed by atoms with van der Waals surface area (Å²) < 4.78 is 39.7. The van der Waals surface area contributed by atoms with Gasteiger partial charge in [-0.1, -0.05) is 0 Å². The molecule has 12 heavy (non-hydrogen) atoms. The third kappa shape index (κ3) is 2.37. The van der Waals surface area contributed by atoms with Gasteiger partial charge in [-0.05, 0) is 28.1 Å². The highest BCUT2D eigenvalue weighted by Gasteiger charge is 2.10. The molecular weight excluding hydrogens is 239 g/mol. The molecule has 0 radical (unpaired) electrons. The van der Waals surface area contributed by atoms with E-state index >= 15 is 0 Å². The number of nitrogens with zero attached hydrogens (tertiary/aromatic N) is 1. The lowest BCUT2D eigenvalue weighted by Crippen LogP contribution is -2.04. The van der Waals surface area contributed by atoms with Crippen LogP contribution in [0.5, 0.6) is 5.88 Å². The Bertz CT molecular complexity index is 281. The number of alkyl halides is 2. The second-order valence-corrected chi connectivity index (χ2v) is 2.65. The minimum atomic E-state index is -3.00. The molecule has 0 spiro atoms. The van der Waals surface area contributed by atoms with E-state index in [0.717, 1.165) is 6.07 Å². The summed E-state index contributed by atoms with van der Waals surface area (Å²) in [6.07, 6.45) is 0. The Kier molecular flexibility index (Phi) is 2.91. The molecule has 0 saturated heterocycles. The molecule has 0 aliphatic carbocycles. The monoisotopic (exact) mass is 241 g/mol. The van der Waals surface area contributed by atoms with Crippen molar-refractivity contribution in [3.05, 3.63) is 22.6 Å². The molecule has 0 bridgehead atoms. The highest BCUT2D eigenvalue weighted by atomic mass is 79.9. The molecule has 1 aromatic rings. The summed E-state index contributed by atoms with van der Waals surface area (Å²) in [6.45, 7) is -3.00. The Balaban J connectivity index is 2.90. The number of halogens is 4. The van der Waals surface area contributed by atoms with E-state index in [1.807, 2.05) is 0 Å². The predicted molar refractivity (Wildman–Crippen MR) is 38.5 cm³/mol. The highest BCUT2D eigenvalue weighted by molar-refractivity contribution is 9.10. The van der Waals surface area contributed by atoms with Gasteiger partial charge in [0.2, 0.25) is 11.8 Å². The maximum Gasteiger partial charge on any atom is 0.388 e. The van der Waals surface area contributed by atoms with Crippen molar-refractivity contribution in [2.75, 3.05) is 0 Å². The van der Waals surface area contributed by atoms with Crippen LogP contribution in [0.1, 0.15) is 0 Å². The predicted octanol–water partition coefficient (Wildman–Crippen LogP) is 2.58. The quantitative estimate of drug-likeness (QED) is 0.743. The van der Waals surface area contributed by atoms with E-state index in [9.17, 15) is 13.2 Å². The van der Waals surface area contributed by atoms with Crippen molar-refractivity contribution in [2.24, 2.45) is 0 Å². The molecule has 0 unspecified atom stereocenters. The van der Waals surface area contributed by atoms with Crippen molar-refractivity contribution < 1.29 is 17.9 Å². The largest absolute Gasteiger partial charge is 0.416 e. The second kappa shape index (κ2) is 3.75. The molecule has 0 fully saturated rings. The van der Waals surface area contributed by atoms with E-state index in [1.165, 1.54) is 6.07 Å². The van der Waals surface area contributed by atoms with Gasteiger partial charge in [0.15, 0.2) is 0 Å². The van der Waals surface area contributed by atoms with Crippen LogP contribution >= 0.6 is 15.9 Å². The van der Waals surface area contributed by atoms with Crippen LogP contribution in [0.15, 0.2) is 16.6 Å². The van der Waals surface area contributed by atoms with Crippen LogP contribution in [-0.4, -0.2) is 11.6 Å². The molecule has 0 aliphatic heterocycles. The summed E-state index contributed by atoms with van der Waals surface area (Å²) in [4.78, 5) is 3.10. The van der Waals surface area contributed by atoms with Gasteiger partial charge in [0.25, 0.3) is 0 Å². The average Bonchev–Trinajstić information content (AvgIpc) is 1.96. The molecule has 0 aliphatic rings. The Labute approximate surface area is 74.5 Å². The van der Waals surface area contributed by atoms with Gasteiger partial charge in [0, 0.05) is 0 Å². The fourth-order valence-corrected chi connectivity index (χ4v) is 0.882. The summed E-state index contributed by atoms with van der Waals surface area (Å²) in [7, 11) is 0. The molecule has 6 heteroatoms. The lowest BCUT2D eigenvalue weighted by Gasteiger charge is -2.04. The van der Waals surface area contributed by atoms with Crippen LogP contribution in [0.4, 0.5) is 13.2 Å². The van der Waals surface area contributed by atoms with Crippen LogP contribution < -0.4 is 4.74 Å². The van der Waals surface area contributed by atoms with Crippen molar-refractivity contribution in [2.45, 2.75) is 6.61 Å². The molecule has 2 nitrogen and oxygen atoms in total. The molecule has 0 atom stereocenters. The number of hydrogen-bond donors (Lipinski definition) is 0. The summed E-state index contributed by atoms with van der Waals surface area (Å²) >= 11 is 2.87. The molecular formula is C6H3BrF3NO. The number of rotatable bonds is 2. The lowest BCUT2D eigenvalue weighted by molar-refractivity contribution is -0.0538. The fourth-order valence-electron chi connectivity index (χ4n) is 0.568. The van der Waals surface area contributed by atoms with Crippen molar-refractivity contribution in [3.8, 4) is 5.88 Å². The molecule has 0 saturated carbocycles. The standard InChI is InChI=1S/C6H3BrF3NO/c7-3-1-2-4(8)11-5(3)12-6(9)10/h1-2,6H. The van der Waals surface area contributed by atoms with Gasteiger partial charge < -0.3 is 4.74 Å². The molecule has 1 rings (SSSR count). The Morgan fingerprint density at radius 2 is 2.08 bits per heavy atom. The summed E-state index contributed by atoms with van der Waals surface area (Å²) in [5.74, 6) is -1.32. The Morgan fingerprint density at radius 1 is 1.42 bits per heavy atom. The number of pyridine rings is 1. The second-order valence-electron chi connectivity index (χ2n) is 1.80. The third-order valence-corrected chi connectivity index (χ3v) is 1.58. The normalized spacial score (nSPS) is 10.4. The van der Waals surface area contributed by atoms with Gasteiger partial charge in [-0.2, -0.15) is 18.2 Å². The van der Waals surface area contributed by atoms with Crippen LogP contribution in [0.3, 0.4) is 0 Å². The molecule has 0 aromatic carbocycles. The molecule has 0 amide bonds. The van der Waals surface area contributed by atoms with E-state index in [-0.39, 0.29) is 4.47 Å². The van der Waals surface area contributed by atoms with Crippen molar-refractivity contribution in [1.29, 1.82) is 0 Å². The fraction of sp³-hybridized carbons (Fsp3) is 0.167. The first kappa shape index (κ1) is 9.31. The van der Waals surface area contributed by atoms with E-state index in [4.69, 9.17) is 0 Å². The summed E-state index contributed by atoms with van der Waals surface area (Å²) in [5, 5.41) is 0. The summed E-state index contributed by atoms with van der Waals surface area (Å²) in [6, 6.07) is 2.27. The zero-order valence-corrected chi connectivity index (χ0v) is 7.19. The van der Waals surface area contributed by atoms with E-state index in [2.05, 4.69) is 25.7 Å². The van der Waals surface area contributed by atoms with Crippen LogP contribution in [0.2, 0.25) is 0 Å². The SMILES string of the molecule is Fc1ccc(Br)c(OC(F)F)n1. The number of aromatic nitrogens is 1. The van der Waals surface area contributed by atoms with Crippen LogP contribution in [0.25, 0.3) is 0 Å². The van der Waals surface area contributed by atoms with Gasteiger partial charge >= 0.3 is 6.61 Å². The average molecular weight is 242 g/mol. The van der Waals surface area contributed by atoms with Gasteiger partial charge in [-0.25, -0.2) is 0 Å². The first-order valence-electron chi connectivity index (χ1n) is 2.86. The minimum absolute atomic E-state index is 0.184. The van der Waals surface area contributed by atoms with Crippen LogP contribution in [-0.2, 0) is 0 Å². The van der Waals surface area contributed by atoms with Gasteiger partial charge in [0.1, 0.15) is 0 Å². The lowest BCUT2D eigenvalue weighted by atomic mass is 10.5.